The van der Waals surface area contributed by atoms with Crippen LogP contribution < -0.4 is 10.7 Å². The summed E-state index contributed by atoms with van der Waals surface area (Å²) in [5, 5.41) is 2.87. The summed E-state index contributed by atoms with van der Waals surface area (Å²) in [6.07, 6.45) is 1.38. The summed E-state index contributed by atoms with van der Waals surface area (Å²) in [4.78, 5) is 35.5. The Morgan fingerprint density at radius 1 is 1.12 bits per heavy atom. The molecular formula is C19H15FN2O4. The van der Waals surface area contributed by atoms with Gasteiger partial charge in [0.25, 0.3) is 0 Å². The van der Waals surface area contributed by atoms with Gasteiger partial charge in [0, 0.05) is 23.3 Å². The zero-order valence-corrected chi connectivity index (χ0v) is 13.9. The van der Waals surface area contributed by atoms with Crippen molar-refractivity contribution in [3.63, 3.8) is 0 Å². The van der Waals surface area contributed by atoms with E-state index in [2.05, 4.69) is 10.1 Å². The first-order valence-electron chi connectivity index (χ1n) is 7.75. The third-order valence-corrected chi connectivity index (χ3v) is 3.85. The normalized spacial score (nSPS) is 10.5. The number of nitrogens with zero attached hydrogens (tertiary/aromatic N) is 1. The maximum absolute atomic E-state index is 14.1. The molecule has 0 fully saturated rings. The van der Waals surface area contributed by atoms with Crippen LogP contribution in [0.25, 0.3) is 10.9 Å². The summed E-state index contributed by atoms with van der Waals surface area (Å²) < 4.78 is 20.1. The number of amides is 1. The molecule has 3 rings (SSSR count). The standard InChI is InChI=1S/C19H15FN2O4/c1-26-19(25)12-5-7-13(8-6-12)21-17(24)11-22-10-9-16(23)14-3-2-4-15(20)18(14)22/h2-10H,11H2,1H3,(H,21,24). The molecule has 1 heterocycles. The Morgan fingerprint density at radius 2 is 1.85 bits per heavy atom. The van der Waals surface area contributed by atoms with Crippen molar-refractivity contribution in [3.8, 4) is 0 Å². The molecule has 0 bridgehead atoms. The van der Waals surface area contributed by atoms with E-state index in [0.717, 1.165) is 0 Å². The fraction of sp³-hybridized carbons (Fsp3) is 0.105. The van der Waals surface area contributed by atoms with Crippen molar-refractivity contribution in [2.75, 3.05) is 12.4 Å². The van der Waals surface area contributed by atoms with Crippen molar-refractivity contribution in [3.05, 3.63) is 76.3 Å². The van der Waals surface area contributed by atoms with Gasteiger partial charge in [-0.05, 0) is 36.4 Å². The van der Waals surface area contributed by atoms with Gasteiger partial charge in [0.15, 0.2) is 5.43 Å². The molecule has 0 unspecified atom stereocenters. The highest BCUT2D eigenvalue weighted by Crippen LogP contribution is 2.15. The molecule has 0 aliphatic carbocycles. The van der Waals surface area contributed by atoms with Crippen LogP contribution in [-0.4, -0.2) is 23.6 Å². The van der Waals surface area contributed by atoms with E-state index in [1.165, 1.54) is 54.3 Å². The largest absolute Gasteiger partial charge is 0.465 e. The van der Waals surface area contributed by atoms with Crippen molar-refractivity contribution in [2.45, 2.75) is 6.54 Å². The summed E-state index contributed by atoms with van der Waals surface area (Å²) in [6, 6.07) is 11.7. The number of ether oxygens (including phenoxy) is 1. The third-order valence-electron chi connectivity index (χ3n) is 3.85. The summed E-state index contributed by atoms with van der Waals surface area (Å²) >= 11 is 0. The molecule has 0 atom stereocenters. The predicted molar refractivity (Wildman–Crippen MR) is 94.6 cm³/mol. The molecule has 0 spiro atoms. The minimum atomic E-state index is -0.574. The summed E-state index contributed by atoms with van der Waals surface area (Å²) in [7, 11) is 1.28. The Kier molecular flexibility index (Phi) is 4.79. The van der Waals surface area contributed by atoms with Gasteiger partial charge in [-0.2, -0.15) is 0 Å². The quantitative estimate of drug-likeness (QED) is 0.731. The number of aromatic nitrogens is 1. The predicted octanol–water partition coefficient (Wildman–Crippen LogP) is 2.57. The first-order valence-corrected chi connectivity index (χ1v) is 7.75. The smallest absolute Gasteiger partial charge is 0.337 e. The van der Waals surface area contributed by atoms with Gasteiger partial charge < -0.3 is 14.6 Å². The molecule has 1 N–H and O–H groups in total. The molecule has 1 amide bonds. The fourth-order valence-electron chi connectivity index (χ4n) is 2.62. The number of nitrogens with one attached hydrogen (secondary N) is 1. The number of hydrogen-bond acceptors (Lipinski definition) is 4. The number of benzene rings is 2. The zero-order chi connectivity index (χ0) is 18.7. The van der Waals surface area contributed by atoms with Gasteiger partial charge in [0.05, 0.1) is 18.2 Å². The number of halogens is 1. The molecule has 0 aliphatic heterocycles. The van der Waals surface area contributed by atoms with Gasteiger partial charge in [-0.3, -0.25) is 9.59 Å². The molecule has 0 radical (unpaired) electrons. The van der Waals surface area contributed by atoms with E-state index in [1.54, 1.807) is 12.1 Å². The Hall–Kier alpha value is -3.48. The van der Waals surface area contributed by atoms with Crippen molar-refractivity contribution in [2.24, 2.45) is 0 Å². The SMILES string of the molecule is COC(=O)c1ccc(NC(=O)Cn2ccc(=O)c3cccc(F)c32)cc1. The van der Waals surface area contributed by atoms with Gasteiger partial charge in [-0.25, -0.2) is 9.18 Å². The summed E-state index contributed by atoms with van der Waals surface area (Å²) in [6.45, 7) is -0.170. The number of pyridine rings is 1. The average molecular weight is 354 g/mol. The molecular weight excluding hydrogens is 339 g/mol. The van der Waals surface area contributed by atoms with E-state index in [9.17, 15) is 18.8 Å². The summed E-state index contributed by atoms with van der Waals surface area (Å²) in [5.74, 6) is -1.45. The number of para-hydroxylation sites is 1. The number of anilines is 1. The molecule has 7 heteroatoms. The first-order chi connectivity index (χ1) is 12.5. The second kappa shape index (κ2) is 7.18. The first kappa shape index (κ1) is 17.3. The lowest BCUT2D eigenvalue weighted by molar-refractivity contribution is -0.116. The van der Waals surface area contributed by atoms with Crippen molar-refractivity contribution >= 4 is 28.5 Å². The van der Waals surface area contributed by atoms with Gasteiger partial charge in [0.2, 0.25) is 5.91 Å². The van der Waals surface area contributed by atoms with E-state index < -0.39 is 17.7 Å². The number of carbonyl (C=O) groups excluding carboxylic acids is 2. The van der Waals surface area contributed by atoms with Crippen molar-refractivity contribution in [1.29, 1.82) is 0 Å². The Bertz CT molecular complexity index is 1040. The van der Waals surface area contributed by atoms with Crippen LogP contribution in [-0.2, 0) is 16.1 Å². The molecule has 2 aromatic carbocycles. The molecule has 132 valence electrons. The van der Waals surface area contributed by atoms with Crippen LogP contribution in [0, 0.1) is 5.82 Å². The van der Waals surface area contributed by atoms with Gasteiger partial charge in [-0.15, -0.1) is 0 Å². The Balaban J connectivity index is 1.81. The number of hydrogen-bond donors (Lipinski definition) is 1. The number of esters is 1. The van der Waals surface area contributed by atoms with Crippen LogP contribution in [0.5, 0.6) is 0 Å². The summed E-state index contributed by atoms with van der Waals surface area (Å²) in [5.41, 5.74) is 0.609. The lowest BCUT2D eigenvalue weighted by Crippen LogP contribution is -2.21. The maximum atomic E-state index is 14.1. The minimum Gasteiger partial charge on any atom is -0.465 e. The Morgan fingerprint density at radius 3 is 2.54 bits per heavy atom. The highest BCUT2D eigenvalue weighted by molar-refractivity contribution is 5.93. The fourth-order valence-corrected chi connectivity index (χ4v) is 2.62. The molecule has 1 aromatic heterocycles. The lowest BCUT2D eigenvalue weighted by atomic mass is 10.2. The van der Waals surface area contributed by atoms with E-state index in [1.807, 2.05) is 0 Å². The highest BCUT2D eigenvalue weighted by Gasteiger charge is 2.11. The van der Waals surface area contributed by atoms with Gasteiger partial charge >= 0.3 is 5.97 Å². The lowest BCUT2D eigenvalue weighted by Gasteiger charge is -2.12. The van der Waals surface area contributed by atoms with Crippen LogP contribution in [0.3, 0.4) is 0 Å². The molecule has 26 heavy (non-hydrogen) atoms. The number of methoxy groups -OCH3 is 1. The minimum absolute atomic E-state index is 0.0798. The monoisotopic (exact) mass is 354 g/mol. The van der Waals surface area contributed by atoms with Crippen LogP contribution in [0.1, 0.15) is 10.4 Å². The van der Waals surface area contributed by atoms with Crippen LogP contribution in [0.2, 0.25) is 0 Å². The van der Waals surface area contributed by atoms with E-state index in [4.69, 9.17) is 0 Å². The molecule has 0 aliphatic rings. The molecule has 3 aromatic rings. The van der Waals surface area contributed by atoms with Gasteiger partial charge in [-0.1, -0.05) is 6.07 Å². The number of fused-ring (bicyclic) bond motifs is 1. The van der Waals surface area contributed by atoms with Crippen molar-refractivity contribution < 1.29 is 18.7 Å². The maximum Gasteiger partial charge on any atom is 0.337 e. The topological polar surface area (TPSA) is 77.4 Å². The van der Waals surface area contributed by atoms with E-state index in [-0.39, 0.29) is 22.9 Å². The van der Waals surface area contributed by atoms with E-state index in [0.29, 0.717) is 11.3 Å². The third kappa shape index (κ3) is 3.46. The molecule has 0 saturated heterocycles. The zero-order valence-electron chi connectivity index (χ0n) is 13.9. The van der Waals surface area contributed by atoms with Crippen LogP contribution >= 0.6 is 0 Å². The second-order valence-electron chi connectivity index (χ2n) is 5.56. The van der Waals surface area contributed by atoms with Crippen LogP contribution in [0.4, 0.5) is 10.1 Å². The highest BCUT2D eigenvalue weighted by atomic mass is 19.1. The average Bonchev–Trinajstić information content (AvgIpc) is 2.64. The van der Waals surface area contributed by atoms with Crippen LogP contribution in [0.15, 0.2) is 59.5 Å². The van der Waals surface area contributed by atoms with E-state index >= 15 is 0 Å². The Labute approximate surface area is 147 Å². The number of carbonyl (C=O) groups is 2. The molecule has 0 saturated carbocycles. The second-order valence-corrected chi connectivity index (χ2v) is 5.56. The molecule has 6 nitrogen and oxygen atoms in total. The number of rotatable bonds is 4. The van der Waals surface area contributed by atoms with Gasteiger partial charge in [0.1, 0.15) is 12.4 Å². The van der Waals surface area contributed by atoms with Crippen molar-refractivity contribution in [1.82, 2.24) is 4.57 Å².